The molecule has 1 aliphatic rings. The zero-order valence-corrected chi connectivity index (χ0v) is 17.8. The normalized spacial score (nSPS) is 16.7. The molecule has 32 heavy (non-hydrogen) atoms. The molecule has 5 rings (SSSR count). The summed E-state index contributed by atoms with van der Waals surface area (Å²) in [4.78, 5) is 19.4. The van der Waals surface area contributed by atoms with E-state index in [2.05, 4.69) is 42.8 Å². The van der Waals surface area contributed by atoms with Crippen molar-refractivity contribution in [2.75, 3.05) is 25.5 Å². The largest absolute Gasteiger partial charge is 0.321 e. The number of aromatic nitrogens is 6. The Morgan fingerprint density at radius 3 is 2.81 bits per heavy atom. The van der Waals surface area contributed by atoms with E-state index in [4.69, 9.17) is 0 Å². The molecule has 1 amide bonds. The highest BCUT2D eigenvalue weighted by atomic mass is 16.1. The van der Waals surface area contributed by atoms with E-state index in [1.807, 2.05) is 42.6 Å². The van der Waals surface area contributed by atoms with Crippen molar-refractivity contribution in [1.29, 1.82) is 0 Å². The van der Waals surface area contributed by atoms with Crippen LogP contribution in [-0.2, 0) is 0 Å². The van der Waals surface area contributed by atoms with Crippen LogP contribution in [0.15, 0.2) is 60.9 Å². The maximum atomic E-state index is 12.7. The highest BCUT2D eigenvalue weighted by molar-refractivity contribution is 6.03. The molecular formula is C23H24N8O. The average molecular weight is 429 g/mol. The van der Waals surface area contributed by atoms with Gasteiger partial charge in [-0.3, -0.25) is 9.89 Å². The number of pyridine rings is 1. The van der Waals surface area contributed by atoms with Gasteiger partial charge in [0.1, 0.15) is 5.69 Å². The van der Waals surface area contributed by atoms with Crippen LogP contribution in [0.1, 0.15) is 34.9 Å². The van der Waals surface area contributed by atoms with E-state index in [1.54, 1.807) is 23.0 Å². The third-order valence-electron chi connectivity index (χ3n) is 5.70. The van der Waals surface area contributed by atoms with Crippen molar-refractivity contribution in [3.8, 4) is 17.1 Å². The Labute approximate surface area is 185 Å². The number of H-pyrrole nitrogens is 1. The molecule has 1 aromatic carbocycles. The number of nitrogens with one attached hydrogen (secondary N) is 2. The molecule has 4 heterocycles. The van der Waals surface area contributed by atoms with Gasteiger partial charge in [0, 0.05) is 24.3 Å². The first-order valence-corrected chi connectivity index (χ1v) is 10.6. The van der Waals surface area contributed by atoms with Gasteiger partial charge in [-0.25, -0.2) is 9.67 Å². The zero-order chi connectivity index (χ0) is 21.9. The van der Waals surface area contributed by atoms with Gasteiger partial charge >= 0.3 is 0 Å². The second-order valence-corrected chi connectivity index (χ2v) is 8.07. The summed E-state index contributed by atoms with van der Waals surface area (Å²) in [5.41, 5.74) is 4.36. The molecule has 1 aliphatic heterocycles. The van der Waals surface area contributed by atoms with Gasteiger partial charge in [-0.05, 0) is 68.9 Å². The van der Waals surface area contributed by atoms with Crippen LogP contribution in [0.5, 0.6) is 0 Å². The van der Waals surface area contributed by atoms with Crippen LogP contribution >= 0.6 is 0 Å². The van der Waals surface area contributed by atoms with E-state index in [9.17, 15) is 4.79 Å². The molecule has 0 saturated carbocycles. The minimum Gasteiger partial charge on any atom is -0.321 e. The van der Waals surface area contributed by atoms with Crippen molar-refractivity contribution in [3.05, 3.63) is 72.3 Å². The first-order valence-electron chi connectivity index (χ1n) is 10.6. The summed E-state index contributed by atoms with van der Waals surface area (Å²) >= 11 is 0. The molecule has 1 fully saturated rings. The van der Waals surface area contributed by atoms with Crippen LogP contribution in [0.25, 0.3) is 17.1 Å². The van der Waals surface area contributed by atoms with Gasteiger partial charge in [0.25, 0.3) is 5.91 Å². The number of amides is 1. The molecule has 0 aliphatic carbocycles. The third-order valence-corrected chi connectivity index (χ3v) is 5.70. The molecule has 3 aromatic heterocycles. The number of nitrogens with zero attached hydrogens (tertiary/aromatic N) is 6. The molecule has 1 saturated heterocycles. The maximum Gasteiger partial charge on any atom is 0.274 e. The summed E-state index contributed by atoms with van der Waals surface area (Å²) in [5, 5.41) is 18.4. The first kappa shape index (κ1) is 20.1. The Morgan fingerprint density at radius 1 is 1.16 bits per heavy atom. The van der Waals surface area contributed by atoms with Gasteiger partial charge < -0.3 is 10.2 Å². The van der Waals surface area contributed by atoms with Gasteiger partial charge in [-0.1, -0.05) is 11.3 Å². The Kier molecular flexibility index (Phi) is 5.47. The molecule has 9 nitrogen and oxygen atoms in total. The minimum absolute atomic E-state index is 0.274. The fourth-order valence-corrected chi connectivity index (χ4v) is 4.00. The fraction of sp³-hybridized carbons (Fsp3) is 0.261. The van der Waals surface area contributed by atoms with Crippen LogP contribution in [0.3, 0.4) is 0 Å². The molecule has 1 atom stereocenters. The first-order chi connectivity index (χ1) is 15.7. The van der Waals surface area contributed by atoms with Gasteiger partial charge in [-0.2, -0.15) is 5.10 Å². The van der Waals surface area contributed by atoms with Crippen molar-refractivity contribution in [2.24, 2.45) is 0 Å². The van der Waals surface area contributed by atoms with Crippen molar-refractivity contribution in [3.63, 3.8) is 0 Å². The van der Waals surface area contributed by atoms with Crippen LogP contribution in [0.4, 0.5) is 5.69 Å². The van der Waals surface area contributed by atoms with E-state index in [0.717, 1.165) is 36.6 Å². The molecule has 9 heteroatoms. The molecular weight excluding hydrogens is 404 g/mol. The Morgan fingerprint density at radius 2 is 2.03 bits per heavy atom. The van der Waals surface area contributed by atoms with E-state index < -0.39 is 0 Å². The smallest absolute Gasteiger partial charge is 0.274 e. The van der Waals surface area contributed by atoms with Crippen LogP contribution < -0.4 is 5.32 Å². The molecule has 0 spiro atoms. The average Bonchev–Trinajstić information content (AvgIpc) is 3.53. The van der Waals surface area contributed by atoms with Crippen LogP contribution in [-0.4, -0.2) is 61.1 Å². The lowest BCUT2D eigenvalue weighted by Gasteiger charge is -2.28. The lowest BCUT2D eigenvalue weighted by molar-refractivity contribution is 0.102. The van der Waals surface area contributed by atoms with Crippen molar-refractivity contribution in [2.45, 2.75) is 18.8 Å². The van der Waals surface area contributed by atoms with Gasteiger partial charge in [0.15, 0.2) is 0 Å². The zero-order valence-electron chi connectivity index (χ0n) is 17.8. The summed E-state index contributed by atoms with van der Waals surface area (Å²) in [5.74, 6) is 0.148. The quantitative estimate of drug-likeness (QED) is 0.506. The second kappa shape index (κ2) is 8.72. The molecule has 162 valence electrons. The van der Waals surface area contributed by atoms with E-state index >= 15 is 0 Å². The summed E-state index contributed by atoms with van der Waals surface area (Å²) in [7, 11) is 2.15. The topological polar surface area (TPSA) is 105 Å². The molecule has 2 N–H and O–H groups in total. The SMILES string of the molecule is CN1CCCC(c2cn(-c3ccc(NC(=O)c4cccc(-c5ccn[nH]5)n4)cc3)nn2)C1. The van der Waals surface area contributed by atoms with Gasteiger partial charge in [0.2, 0.25) is 0 Å². The van der Waals surface area contributed by atoms with Gasteiger partial charge in [0.05, 0.1) is 29.0 Å². The number of piperidine rings is 1. The van der Waals surface area contributed by atoms with Crippen molar-refractivity contribution in [1.82, 2.24) is 35.1 Å². The Bertz CT molecular complexity index is 1200. The summed E-state index contributed by atoms with van der Waals surface area (Å²) < 4.78 is 1.78. The number of hydrogen-bond acceptors (Lipinski definition) is 6. The number of hydrogen-bond donors (Lipinski definition) is 2. The number of likely N-dealkylation sites (N-methyl/N-ethyl adjacent to an activating group) is 1. The van der Waals surface area contributed by atoms with E-state index in [0.29, 0.717) is 23.0 Å². The monoisotopic (exact) mass is 428 g/mol. The Hall–Kier alpha value is -3.85. The summed E-state index contributed by atoms with van der Waals surface area (Å²) in [6.07, 6.45) is 5.98. The molecule has 0 bridgehead atoms. The number of benzene rings is 1. The lowest BCUT2D eigenvalue weighted by Crippen LogP contribution is -2.30. The number of carbonyl (C=O) groups is 1. The highest BCUT2D eigenvalue weighted by Crippen LogP contribution is 2.25. The maximum absolute atomic E-state index is 12.7. The fourth-order valence-electron chi connectivity index (χ4n) is 4.00. The number of aromatic amines is 1. The molecule has 1 unspecified atom stereocenters. The minimum atomic E-state index is -0.274. The standard InChI is InChI=1S/C23H24N8O/c1-30-13-3-4-16(14-30)22-15-31(29-28-22)18-9-7-17(8-10-18)25-23(32)21-6-2-5-19(26-21)20-11-12-24-27-20/h2,5-12,15-16H,3-4,13-14H2,1H3,(H,24,27)(H,25,32). The van der Waals surface area contributed by atoms with Crippen molar-refractivity contribution < 1.29 is 4.79 Å². The van der Waals surface area contributed by atoms with Crippen LogP contribution in [0, 0.1) is 0 Å². The number of carbonyl (C=O) groups excluding carboxylic acids is 1. The summed E-state index contributed by atoms with van der Waals surface area (Å²) in [6.45, 7) is 2.15. The van der Waals surface area contributed by atoms with Crippen LogP contribution in [0.2, 0.25) is 0 Å². The predicted octanol–water partition coefficient (Wildman–Crippen LogP) is 3.11. The number of anilines is 1. The van der Waals surface area contributed by atoms with E-state index in [-0.39, 0.29) is 5.91 Å². The molecule has 0 radical (unpaired) electrons. The van der Waals surface area contributed by atoms with Gasteiger partial charge in [-0.15, -0.1) is 5.10 Å². The highest BCUT2D eigenvalue weighted by Gasteiger charge is 2.21. The Balaban J connectivity index is 1.26. The lowest BCUT2D eigenvalue weighted by atomic mass is 9.96. The predicted molar refractivity (Wildman–Crippen MR) is 121 cm³/mol. The number of rotatable bonds is 5. The molecule has 4 aromatic rings. The van der Waals surface area contributed by atoms with E-state index in [1.165, 1.54) is 6.42 Å². The summed E-state index contributed by atoms with van der Waals surface area (Å²) in [6, 6.07) is 14.6. The number of likely N-dealkylation sites (tertiary alicyclic amines) is 1. The van der Waals surface area contributed by atoms with Crippen molar-refractivity contribution >= 4 is 11.6 Å². The second-order valence-electron chi connectivity index (χ2n) is 8.07. The third kappa shape index (κ3) is 4.28.